The van der Waals surface area contributed by atoms with Crippen LogP contribution >= 0.6 is 27.3 Å². The number of aromatic amines is 1. The van der Waals surface area contributed by atoms with Gasteiger partial charge in [-0.15, -0.1) is 11.3 Å². The van der Waals surface area contributed by atoms with Crippen molar-refractivity contribution in [1.29, 1.82) is 0 Å². The normalized spacial score (nSPS) is 10.3. The number of aryl methyl sites for hydroxylation is 1. The minimum atomic E-state index is -1.05. The zero-order valence-corrected chi connectivity index (χ0v) is 11.7. The fourth-order valence-electron chi connectivity index (χ4n) is 1.44. The van der Waals surface area contributed by atoms with Gasteiger partial charge >= 0.3 is 5.97 Å². The average Bonchev–Trinajstić information content (AvgIpc) is 2.87. The van der Waals surface area contributed by atoms with Crippen molar-refractivity contribution in [3.05, 3.63) is 38.3 Å². The highest BCUT2D eigenvalue weighted by Crippen LogP contribution is 2.28. The number of hydrogen-bond donors (Lipinski definition) is 3. The minimum Gasteiger partial charge on any atom is -0.477 e. The lowest BCUT2D eigenvalue weighted by Gasteiger charge is -2.04. The summed E-state index contributed by atoms with van der Waals surface area (Å²) in [6.07, 6.45) is 1.63. The number of halogens is 1. The van der Waals surface area contributed by atoms with E-state index in [0.29, 0.717) is 11.4 Å². The second-order valence-electron chi connectivity index (χ2n) is 3.61. The van der Waals surface area contributed by atoms with E-state index in [-0.39, 0.29) is 10.8 Å². The maximum absolute atomic E-state index is 11.9. The highest BCUT2D eigenvalue weighted by Gasteiger charge is 2.18. The van der Waals surface area contributed by atoms with Crippen LogP contribution in [0.3, 0.4) is 0 Å². The first kappa shape index (κ1) is 12.8. The number of aromatic nitrogens is 1. The molecule has 94 valence electrons. The summed E-state index contributed by atoms with van der Waals surface area (Å²) in [7, 11) is 0. The molecule has 2 aromatic rings. The lowest BCUT2D eigenvalue weighted by Crippen LogP contribution is -2.14. The number of thiophene rings is 1. The van der Waals surface area contributed by atoms with Gasteiger partial charge < -0.3 is 15.4 Å². The van der Waals surface area contributed by atoms with E-state index in [1.54, 1.807) is 24.6 Å². The van der Waals surface area contributed by atoms with E-state index < -0.39 is 5.97 Å². The molecule has 0 bridgehead atoms. The predicted molar refractivity (Wildman–Crippen MR) is 72.5 cm³/mol. The van der Waals surface area contributed by atoms with Gasteiger partial charge in [-0.3, -0.25) is 4.79 Å². The number of hydrogen-bond acceptors (Lipinski definition) is 3. The summed E-state index contributed by atoms with van der Waals surface area (Å²) in [5.41, 5.74) is 1.45. The number of carboxylic acid groups (broad SMARTS) is 1. The third-order valence-corrected chi connectivity index (χ3v) is 3.84. The van der Waals surface area contributed by atoms with E-state index in [4.69, 9.17) is 5.11 Å². The van der Waals surface area contributed by atoms with Crippen LogP contribution in [0.25, 0.3) is 0 Å². The Labute approximate surface area is 115 Å². The van der Waals surface area contributed by atoms with Crippen LogP contribution < -0.4 is 5.32 Å². The van der Waals surface area contributed by atoms with E-state index >= 15 is 0 Å². The molecule has 0 unspecified atom stereocenters. The van der Waals surface area contributed by atoms with Crippen molar-refractivity contribution >= 4 is 44.8 Å². The van der Waals surface area contributed by atoms with Gasteiger partial charge in [-0.1, -0.05) is 0 Å². The molecule has 0 fully saturated rings. The minimum absolute atomic E-state index is 0.131. The molecule has 0 saturated heterocycles. The topological polar surface area (TPSA) is 82.2 Å². The SMILES string of the molecule is Cc1csc(C(=O)O)c1NC(=O)c1cc(Br)c[nH]1. The Bertz CT molecular complexity index is 618. The van der Waals surface area contributed by atoms with Gasteiger partial charge in [-0.05, 0) is 39.9 Å². The Balaban J connectivity index is 2.27. The number of anilines is 1. The number of rotatable bonds is 3. The molecule has 7 heteroatoms. The summed E-state index contributed by atoms with van der Waals surface area (Å²) in [6.45, 7) is 1.75. The van der Waals surface area contributed by atoms with Gasteiger partial charge in [0.25, 0.3) is 5.91 Å². The molecule has 0 atom stereocenters. The molecule has 18 heavy (non-hydrogen) atoms. The summed E-state index contributed by atoms with van der Waals surface area (Å²) in [6, 6.07) is 1.62. The molecule has 2 rings (SSSR count). The number of amides is 1. The molecule has 5 nitrogen and oxygen atoms in total. The molecule has 2 aromatic heterocycles. The molecule has 0 radical (unpaired) electrons. The van der Waals surface area contributed by atoms with Gasteiger partial charge in [0.2, 0.25) is 0 Å². The van der Waals surface area contributed by atoms with Crippen LogP contribution in [-0.2, 0) is 0 Å². The van der Waals surface area contributed by atoms with Crippen molar-refractivity contribution in [2.75, 3.05) is 5.32 Å². The summed E-state index contributed by atoms with van der Waals surface area (Å²) < 4.78 is 0.758. The number of nitrogens with one attached hydrogen (secondary N) is 2. The first-order valence-electron chi connectivity index (χ1n) is 4.95. The highest BCUT2D eigenvalue weighted by molar-refractivity contribution is 9.10. The van der Waals surface area contributed by atoms with Gasteiger partial charge in [0, 0.05) is 10.7 Å². The van der Waals surface area contributed by atoms with Crippen molar-refractivity contribution < 1.29 is 14.7 Å². The predicted octanol–water partition coefficient (Wildman–Crippen LogP) is 3.10. The third kappa shape index (κ3) is 2.46. The summed E-state index contributed by atoms with van der Waals surface area (Å²) in [5, 5.41) is 13.3. The lowest BCUT2D eigenvalue weighted by atomic mass is 10.2. The van der Waals surface area contributed by atoms with Crippen LogP contribution in [0.15, 0.2) is 22.1 Å². The number of carboxylic acids is 1. The zero-order valence-electron chi connectivity index (χ0n) is 9.28. The summed E-state index contributed by atoms with van der Waals surface area (Å²) in [4.78, 5) is 25.8. The first-order chi connectivity index (χ1) is 8.49. The van der Waals surface area contributed by atoms with E-state index in [1.807, 2.05) is 0 Å². The fourth-order valence-corrected chi connectivity index (χ4v) is 2.62. The number of carbonyl (C=O) groups excluding carboxylic acids is 1. The van der Waals surface area contributed by atoms with E-state index in [0.717, 1.165) is 21.4 Å². The third-order valence-electron chi connectivity index (χ3n) is 2.30. The van der Waals surface area contributed by atoms with Gasteiger partial charge in [0.1, 0.15) is 10.6 Å². The Morgan fingerprint density at radius 1 is 1.50 bits per heavy atom. The molecule has 0 saturated carbocycles. The number of aromatic carboxylic acids is 1. The van der Waals surface area contributed by atoms with E-state index in [9.17, 15) is 9.59 Å². The van der Waals surface area contributed by atoms with Crippen LogP contribution in [0.5, 0.6) is 0 Å². The molecule has 0 aliphatic heterocycles. The quantitative estimate of drug-likeness (QED) is 0.809. The number of H-pyrrole nitrogens is 1. The Kier molecular flexibility index (Phi) is 3.53. The second-order valence-corrected chi connectivity index (χ2v) is 5.41. The number of carbonyl (C=O) groups is 2. The van der Waals surface area contributed by atoms with Crippen LogP contribution in [0.4, 0.5) is 5.69 Å². The van der Waals surface area contributed by atoms with Crippen LogP contribution in [0.2, 0.25) is 0 Å². The lowest BCUT2D eigenvalue weighted by molar-refractivity contribution is 0.0703. The average molecular weight is 329 g/mol. The molecule has 3 N–H and O–H groups in total. The van der Waals surface area contributed by atoms with Crippen LogP contribution in [0.1, 0.15) is 25.7 Å². The van der Waals surface area contributed by atoms with Crippen molar-refractivity contribution in [3.63, 3.8) is 0 Å². The van der Waals surface area contributed by atoms with Crippen LogP contribution in [0, 0.1) is 6.92 Å². The molecule has 0 aromatic carbocycles. The Morgan fingerprint density at radius 2 is 2.22 bits per heavy atom. The summed E-state index contributed by atoms with van der Waals surface area (Å²) in [5.74, 6) is -1.42. The standard InChI is InChI=1S/C11H9BrN2O3S/c1-5-4-18-9(11(16)17)8(5)14-10(15)7-2-6(12)3-13-7/h2-4,13H,1H3,(H,14,15)(H,16,17). The zero-order chi connectivity index (χ0) is 13.3. The Morgan fingerprint density at radius 3 is 2.78 bits per heavy atom. The molecular weight excluding hydrogens is 320 g/mol. The Hall–Kier alpha value is -1.60. The molecule has 1 amide bonds. The first-order valence-corrected chi connectivity index (χ1v) is 6.63. The largest absolute Gasteiger partial charge is 0.477 e. The smallest absolute Gasteiger partial charge is 0.348 e. The maximum Gasteiger partial charge on any atom is 0.348 e. The van der Waals surface area contributed by atoms with Gasteiger partial charge in [-0.25, -0.2) is 4.79 Å². The monoisotopic (exact) mass is 328 g/mol. The molecular formula is C11H9BrN2O3S. The fraction of sp³-hybridized carbons (Fsp3) is 0.0909. The van der Waals surface area contributed by atoms with E-state index in [1.165, 1.54) is 0 Å². The van der Waals surface area contributed by atoms with Gasteiger partial charge in [-0.2, -0.15) is 0 Å². The molecule has 2 heterocycles. The van der Waals surface area contributed by atoms with Crippen molar-refractivity contribution in [1.82, 2.24) is 4.98 Å². The van der Waals surface area contributed by atoms with Crippen molar-refractivity contribution in [2.24, 2.45) is 0 Å². The molecule has 0 aliphatic rings. The second kappa shape index (κ2) is 4.95. The molecule has 0 aliphatic carbocycles. The van der Waals surface area contributed by atoms with Crippen LogP contribution in [-0.4, -0.2) is 22.0 Å². The van der Waals surface area contributed by atoms with Crippen molar-refractivity contribution in [3.8, 4) is 0 Å². The van der Waals surface area contributed by atoms with Crippen molar-refractivity contribution in [2.45, 2.75) is 6.92 Å². The van der Waals surface area contributed by atoms with Gasteiger partial charge in [0.15, 0.2) is 0 Å². The highest BCUT2D eigenvalue weighted by atomic mass is 79.9. The summed E-state index contributed by atoms with van der Waals surface area (Å²) >= 11 is 4.32. The maximum atomic E-state index is 11.9. The molecule has 0 spiro atoms. The van der Waals surface area contributed by atoms with Gasteiger partial charge in [0.05, 0.1) is 5.69 Å². The van der Waals surface area contributed by atoms with E-state index in [2.05, 4.69) is 26.2 Å².